The zero-order valence-corrected chi connectivity index (χ0v) is 9.48. The fourth-order valence-corrected chi connectivity index (χ4v) is 1.38. The molecule has 0 bridgehead atoms. The Hall–Kier alpha value is -1.46. The van der Waals surface area contributed by atoms with Gasteiger partial charge in [0.05, 0.1) is 0 Å². The number of rotatable bonds is 3. The molecule has 0 saturated heterocycles. The molecule has 0 aliphatic rings. The van der Waals surface area contributed by atoms with Crippen molar-refractivity contribution in [3.05, 3.63) is 40.7 Å². The van der Waals surface area contributed by atoms with E-state index in [0.717, 1.165) is 0 Å². The van der Waals surface area contributed by atoms with Crippen LogP contribution in [0.1, 0.15) is 5.82 Å². The van der Waals surface area contributed by atoms with E-state index in [2.05, 4.69) is 19.9 Å². The molecule has 82 valence electrons. The molecule has 0 unspecified atom stereocenters. The van der Waals surface area contributed by atoms with Crippen LogP contribution in [0.25, 0.3) is 0 Å². The molecule has 0 radical (unpaired) electrons. The normalized spacial score (nSPS) is 10.1. The molecule has 0 aromatic carbocycles. The third kappa shape index (κ3) is 3.01. The van der Waals surface area contributed by atoms with Gasteiger partial charge in [0.1, 0.15) is 10.3 Å². The first kappa shape index (κ1) is 11.0. The molecular formula is C9H6Cl2N4O. The Bertz CT molecular complexity index is 460. The third-order valence-corrected chi connectivity index (χ3v) is 1.98. The van der Waals surface area contributed by atoms with Crippen molar-refractivity contribution in [2.75, 3.05) is 0 Å². The smallest absolute Gasteiger partial charge is 0.319 e. The molecule has 2 aromatic rings. The summed E-state index contributed by atoms with van der Waals surface area (Å²) >= 11 is 11.4. The van der Waals surface area contributed by atoms with E-state index >= 15 is 0 Å². The number of aromatic nitrogens is 4. The summed E-state index contributed by atoms with van der Waals surface area (Å²) in [6.45, 7) is 0.164. The highest BCUT2D eigenvalue weighted by Gasteiger charge is 2.03. The summed E-state index contributed by atoms with van der Waals surface area (Å²) in [6.07, 6.45) is 3.25. The Balaban J connectivity index is 2.05. The van der Waals surface area contributed by atoms with Gasteiger partial charge in [-0.3, -0.25) is 0 Å². The van der Waals surface area contributed by atoms with Gasteiger partial charge >= 0.3 is 6.01 Å². The van der Waals surface area contributed by atoms with Crippen LogP contribution < -0.4 is 4.74 Å². The monoisotopic (exact) mass is 256 g/mol. The predicted molar refractivity (Wildman–Crippen MR) is 58.4 cm³/mol. The molecule has 7 heteroatoms. The number of hydrogen-bond acceptors (Lipinski definition) is 5. The molecule has 0 N–H and O–H groups in total. The van der Waals surface area contributed by atoms with Gasteiger partial charge in [0, 0.05) is 18.5 Å². The summed E-state index contributed by atoms with van der Waals surface area (Å²) in [5.74, 6) is 0.530. The third-order valence-electron chi connectivity index (χ3n) is 1.59. The Labute approximate surface area is 101 Å². The van der Waals surface area contributed by atoms with Gasteiger partial charge in [-0.25, -0.2) is 9.97 Å². The van der Waals surface area contributed by atoms with Gasteiger partial charge in [0.2, 0.25) is 0 Å². The van der Waals surface area contributed by atoms with Crippen molar-refractivity contribution in [3.63, 3.8) is 0 Å². The van der Waals surface area contributed by atoms with Crippen molar-refractivity contribution >= 4 is 23.2 Å². The van der Waals surface area contributed by atoms with Gasteiger partial charge in [-0.15, -0.1) is 0 Å². The lowest BCUT2D eigenvalue weighted by molar-refractivity contribution is 0.271. The fourth-order valence-electron chi connectivity index (χ4n) is 0.969. The summed E-state index contributed by atoms with van der Waals surface area (Å²) in [6, 6.07) is 3.25. The molecule has 2 aromatic heterocycles. The van der Waals surface area contributed by atoms with Gasteiger partial charge < -0.3 is 4.74 Å². The van der Waals surface area contributed by atoms with Crippen LogP contribution in [0.4, 0.5) is 0 Å². The second-order valence-corrected chi connectivity index (χ2v) is 3.52. The second kappa shape index (κ2) is 5.05. The molecule has 0 amide bonds. The molecule has 16 heavy (non-hydrogen) atoms. The Morgan fingerprint density at radius 1 is 1.06 bits per heavy atom. The summed E-state index contributed by atoms with van der Waals surface area (Å²) < 4.78 is 5.24. The lowest BCUT2D eigenvalue weighted by Gasteiger charge is -2.03. The maximum Gasteiger partial charge on any atom is 0.319 e. The van der Waals surface area contributed by atoms with Crippen LogP contribution in [0.15, 0.2) is 24.5 Å². The van der Waals surface area contributed by atoms with Crippen molar-refractivity contribution in [3.8, 4) is 6.01 Å². The van der Waals surface area contributed by atoms with Crippen molar-refractivity contribution in [1.82, 2.24) is 19.9 Å². The molecule has 0 fully saturated rings. The molecule has 0 aliphatic carbocycles. The second-order valence-electron chi connectivity index (χ2n) is 2.75. The van der Waals surface area contributed by atoms with Crippen LogP contribution >= 0.6 is 23.2 Å². The van der Waals surface area contributed by atoms with Crippen LogP contribution in [0.3, 0.4) is 0 Å². The zero-order chi connectivity index (χ0) is 11.4. The highest BCUT2D eigenvalue weighted by atomic mass is 35.5. The Kier molecular flexibility index (Phi) is 3.48. The van der Waals surface area contributed by atoms with Crippen molar-refractivity contribution < 1.29 is 4.74 Å². The molecule has 0 aliphatic heterocycles. The van der Waals surface area contributed by atoms with Crippen LogP contribution in [-0.4, -0.2) is 19.9 Å². The van der Waals surface area contributed by atoms with E-state index in [9.17, 15) is 0 Å². The van der Waals surface area contributed by atoms with Gasteiger partial charge in [-0.2, -0.15) is 9.97 Å². The highest BCUT2D eigenvalue weighted by molar-refractivity contribution is 6.33. The van der Waals surface area contributed by atoms with Gasteiger partial charge in [-0.1, -0.05) is 23.2 Å². The maximum atomic E-state index is 5.69. The minimum atomic E-state index is 0.102. The minimum absolute atomic E-state index is 0.102. The van der Waals surface area contributed by atoms with Crippen LogP contribution in [0.5, 0.6) is 6.01 Å². The predicted octanol–water partition coefficient (Wildman–Crippen LogP) is 2.15. The van der Waals surface area contributed by atoms with E-state index in [4.69, 9.17) is 27.9 Å². The van der Waals surface area contributed by atoms with Crippen molar-refractivity contribution in [1.29, 1.82) is 0 Å². The SMILES string of the molecule is Clc1cc(Cl)nc(OCc2ncccn2)n1. The first-order valence-electron chi connectivity index (χ1n) is 4.33. The average Bonchev–Trinajstić information content (AvgIpc) is 2.27. The van der Waals surface area contributed by atoms with E-state index in [0.29, 0.717) is 5.82 Å². The molecular weight excluding hydrogens is 251 g/mol. The number of hydrogen-bond donors (Lipinski definition) is 0. The summed E-state index contributed by atoms with van der Waals surface area (Å²) in [4.78, 5) is 15.6. The van der Waals surface area contributed by atoms with E-state index in [1.54, 1.807) is 18.5 Å². The van der Waals surface area contributed by atoms with Crippen molar-refractivity contribution in [2.24, 2.45) is 0 Å². The fraction of sp³-hybridized carbons (Fsp3) is 0.111. The molecule has 0 atom stereocenters. The largest absolute Gasteiger partial charge is 0.455 e. The molecule has 5 nitrogen and oxygen atoms in total. The highest BCUT2D eigenvalue weighted by Crippen LogP contribution is 2.15. The van der Waals surface area contributed by atoms with Gasteiger partial charge in [0.25, 0.3) is 0 Å². The number of ether oxygens (including phenoxy) is 1. The lowest BCUT2D eigenvalue weighted by Crippen LogP contribution is -2.03. The zero-order valence-electron chi connectivity index (χ0n) is 7.97. The molecule has 0 spiro atoms. The van der Waals surface area contributed by atoms with E-state index in [1.165, 1.54) is 6.07 Å². The summed E-state index contributed by atoms with van der Waals surface area (Å²) in [7, 11) is 0. The quantitative estimate of drug-likeness (QED) is 0.788. The Morgan fingerprint density at radius 2 is 1.69 bits per heavy atom. The molecule has 2 rings (SSSR count). The van der Waals surface area contributed by atoms with Gasteiger partial charge in [-0.05, 0) is 6.07 Å². The van der Waals surface area contributed by atoms with Gasteiger partial charge in [0.15, 0.2) is 12.4 Å². The summed E-state index contributed by atoms with van der Waals surface area (Å²) in [5.41, 5.74) is 0. The first-order chi connectivity index (χ1) is 7.74. The topological polar surface area (TPSA) is 60.8 Å². The molecule has 0 saturated carbocycles. The lowest BCUT2D eigenvalue weighted by atomic mass is 10.6. The van der Waals surface area contributed by atoms with Crippen molar-refractivity contribution in [2.45, 2.75) is 6.61 Å². The first-order valence-corrected chi connectivity index (χ1v) is 5.08. The summed E-state index contributed by atoms with van der Waals surface area (Å²) in [5, 5.41) is 0.452. The molecule has 2 heterocycles. The van der Waals surface area contributed by atoms with E-state index < -0.39 is 0 Å². The van der Waals surface area contributed by atoms with Crippen LogP contribution in [0.2, 0.25) is 10.3 Å². The standard InChI is InChI=1S/C9H6Cl2N4O/c10-6-4-7(11)15-9(14-6)16-5-8-12-2-1-3-13-8/h1-4H,5H2. The maximum absolute atomic E-state index is 5.69. The van der Waals surface area contributed by atoms with Crippen LogP contribution in [0, 0.1) is 0 Å². The van der Waals surface area contributed by atoms with E-state index in [-0.39, 0.29) is 22.9 Å². The van der Waals surface area contributed by atoms with Crippen LogP contribution in [-0.2, 0) is 6.61 Å². The Morgan fingerprint density at radius 3 is 2.31 bits per heavy atom. The van der Waals surface area contributed by atoms with E-state index in [1.807, 2.05) is 0 Å². The number of halogens is 2. The number of nitrogens with zero attached hydrogens (tertiary/aromatic N) is 4. The minimum Gasteiger partial charge on any atom is -0.455 e. The average molecular weight is 257 g/mol.